The van der Waals surface area contributed by atoms with Crippen molar-refractivity contribution in [1.29, 1.82) is 0 Å². The van der Waals surface area contributed by atoms with Crippen LogP contribution in [0.4, 0.5) is 0 Å². The first-order valence-corrected chi connectivity index (χ1v) is 2.23. The molecule has 1 N–H and O–H groups in total. The van der Waals surface area contributed by atoms with Gasteiger partial charge in [-0.3, -0.25) is 4.79 Å². The van der Waals surface area contributed by atoms with Crippen LogP contribution in [-0.4, -0.2) is 25.7 Å². The Bertz CT molecular complexity index is 74.4. The van der Waals surface area contributed by atoms with Crippen LogP contribution in [0.25, 0.3) is 0 Å². The van der Waals surface area contributed by atoms with Gasteiger partial charge in [-0.25, -0.2) is 0 Å². The highest BCUT2D eigenvalue weighted by Crippen LogP contribution is 1.93. The Hall–Kier alpha value is -0.280. The third-order valence-corrected chi connectivity index (χ3v) is 0.992. The lowest BCUT2D eigenvalue weighted by Gasteiger charge is -2.24. The molecule has 1 fully saturated rings. The summed E-state index contributed by atoms with van der Waals surface area (Å²) in [5.41, 5.74) is 0. The SMILES string of the molecule is Cl.O=COC1CNC1. The highest BCUT2D eigenvalue weighted by molar-refractivity contribution is 5.85. The van der Waals surface area contributed by atoms with Crippen LogP contribution in [0, 0.1) is 0 Å². The lowest BCUT2D eigenvalue weighted by molar-refractivity contribution is -0.135. The second-order valence-corrected chi connectivity index (χ2v) is 1.51. The lowest BCUT2D eigenvalue weighted by Crippen LogP contribution is -2.48. The summed E-state index contributed by atoms with van der Waals surface area (Å²) in [4.78, 5) is 9.56. The lowest BCUT2D eigenvalue weighted by atomic mass is 10.2. The molecule has 0 bridgehead atoms. The van der Waals surface area contributed by atoms with Crippen LogP contribution >= 0.6 is 12.4 Å². The molecule has 0 aromatic rings. The summed E-state index contributed by atoms with van der Waals surface area (Å²) in [5, 5.41) is 2.96. The maximum Gasteiger partial charge on any atom is 0.293 e. The van der Waals surface area contributed by atoms with E-state index in [9.17, 15) is 4.79 Å². The molecular formula is C4H8ClNO2. The molecule has 48 valence electrons. The van der Waals surface area contributed by atoms with Gasteiger partial charge in [0.15, 0.2) is 0 Å². The van der Waals surface area contributed by atoms with Gasteiger partial charge in [0.25, 0.3) is 6.47 Å². The molecule has 3 nitrogen and oxygen atoms in total. The van der Waals surface area contributed by atoms with Crippen LogP contribution in [0.1, 0.15) is 0 Å². The van der Waals surface area contributed by atoms with Crippen molar-refractivity contribution in [3.05, 3.63) is 0 Å². The molecule has 0 aromatic heterocycles. The molecule has 0 saturated carbocycles. The zero-order chi connectivity index (χ0) is 5.11. The van der Waals surface area contributed by atoms with E-state index in [4.69, 9.17) is 0 Å². The van der Waals surface area contributed by atoms with Gasteiger partial charge in [-0.15, -0.1) is 12.4 Å². The van der Waals surface area contributed by atoms with Gasteiger partial charge in [-0.2, -0.15) is 0 Å². The quantitative estimate of drug-likeness (QED) is 0.524. The average molecular weight is 138 g/mol. The third-order valence-electron chi connectivity index (χ3n) is 0.992. The van der Waals surface area contributed by atoms with Crippen LogP contribution in [0.2, 0.25) is 0 Å². The number of ether oxygens (including phenoxy) is 1. The first kappa shape index (κ1) is 7.72. The summed E-state index contributed by atoms with van der Waals surface area (Å²) in [6.45, 7) is 2.13. The summed E-state index contributed by atoms with van der Waals surface area (Å²) in [6, 6.07) is 0. The van der Waals surface area contributed by atoms with E-state index in [1.54, 1.807) is 0 Å². The molecule has 0 radical (unpaired) electrons. The van der Waals surface area contributed by atoms with E-state index >= 15 is 0 Å². The fourth-order valence-corrected chi connectivity index (χ4v) is 0.437. The largest absolute Gasteiger partial charge is 0.462 e. The molecule has 1 aliphatic heterocycles. The third kappa shape index (κ3) is 1.68. The first-order valence-electron chi connectivity index (χ1n) is 2.23. The topological polar surface area (TPSA) is 38.3 Å². The smallest absolute Gasteiger partial charge is 0.293 e. The van der Waals surface area contributed by atoms with Crippen molar-refractivity contribution in [3.63, 3.8) is 0 Å². The van der Waals surface area contributed by atoms with Crippen molar-refractivity contribution in [2.45, 2.75) is 6.10 Å². The van der Waals surface area contributed by atoms with E-state index in [1.165, 1.54) is 0 Å². The molecule has 1 heterocycles. The van der Waals surface area contributed by atoms with E-state index in [-0.39, 0.29) is 18.5 Å². The summed E-state index contributed by atoms with van der Waals surface area (Å²) < 4.78 is 4.53. The number of nitrogens with one attached hydrogen (secondary N) is 1. The molecule has 1 aliphatic rings. The average Bonchev–Trinajstić information content (AvgIpc) is 1.55. The standard InChI is InChI=1S/C4H7NO2.ClH/c6-3-7-4-1-5-2-4;/h3-5H,1-2H2;1H. The van der Waals surface area contributed by atoms with Gasteiger partial charge in [0.1, 0.15) is 6.10 Å². The summed E-state index contributed by atoms with van der Waals surface area (Å²) >= 11 is 0. The van der Waals surface area contributed by atoms with Gasteiger partial charge in [0, 0.05) is 13.1 Å². The minimum atomic E-state index is 0. The molecule has 4 heteroatoms. The van der Waals surface area contributed by atoms with E-state index in [0.717, 1.165) is 13.1 Å². The molecule has 0 atom stereocenters. The number of rotatable bonds is 2. The second-order valence-electron chi connectivity index (χ2n) is 1.51. The van der Waals surface area contributed by atoms with Crippen molar-refractivity contribution in [3.8, 4) is 0 Å². The minimum Gasteiger partial charge on any atom is -0.462 e. The van der Waals surface area contributed by atoms with Crippen LogP contribution in [0.5, 0.6) is 0 Å². The Morgan fingerprint density at radius 1 is 1.62 bits per heavy atom. The first-order chi connectivity index (χ1) is 3.43. The maximum absolute atomic E-state index is 9.56. The summed E-state index contributed by atoms with van der Waals surface area (Å²) in [7, 11) is 0. The Labute approximate surface area is 53.8 Å². The van der Waals surface area contributed by atoms with Crippen molar-refractivity contribution < 1.29 is 9.53 Å². The Morgan fingerprint density at radius 2 is 2.25 bits per heavy atom. The van der Waals surface area contributed by atoms with Gasteiger partial charge in [-0.05, 0) is 0 Å². The number of carbonyl (C=O) groups is 1. The predicted molar refractivity (Wildman–Crippen MR) is 31.1 cm³/mol. The number of halogens is 1. The summed E-state index contributed by atoms with van der Waals surface area (Å²) in [5.74, 6) is 0. The highest BCUT2D eigenvalue weighted by Gasteiger charge is 2.16. The molecule has 8 heavy (non-hydrogen) atoms. The normalized spacial score (nSPS) is 18.0. The van der Waals surface area contributed by atoms with Crippen LogP contribution in [0.3, 0.4) is 0 Å². The Balaban J connectivity index is 0.000000490. The molecule has 0 amide bonds. The zero-order valence-electron chi connectivity index (χ0n) is 4.29. The number of hydrogen-bond acceptors (Lipinski definition) is 3. The fraction of sp³-hybridized carbons (Fsp3) is 0.750. The predicted octanol–water partition coefficient (Wildman–Crippen LogP) is -0.447. The van der Waals surface area contributed by atoms with E-state index in [2.05, 4.69) is 10.1 Å². The maximum atomic E-state index is 9.56. The second kappa shape index (κ2) is 3.69. The molecule has 1 saturated heterocycles. The minimum absolute atomic E-state index is 0. The van der Waals surface area contributed by atoms with Gasteiger partial charge in [-0.1, -0.05) is 0 Å². The Kier molecular flexibility index (Phi) is 3.56. The molecule has 0 aromatic carbocycles. The monoisotopic (exact) mass is 137 g/mol. The van der Waals surface area contributed by atoms with Gasteiger partial charge >= 0.3 is 0 Å². The van der Waals surface area contributed by atoms with Crippen molar-refractivity contribution in [2.24, 2.45) is 0 Å². The highest BCUT2D eigenvalue weighted by atomic mass is 35.5. The molecule has 0 aliphatic carbocycles. The van der Waals surface area contributed by atoms with Crippen LogP contribution in [0.15, 0.2) is 0 Å². The summed E-state index contributed by atoms with van der Waals surface area (Å²) in [6.07, 6.45) is 0.150. The molecular weight excluding hydrogens is 130 g/mol. The zero-order valence-corrected chi connectivity index (χ0v) is 5.11. The molecule has 1 rings (SSSR count). The van der Waals surface area contributed by atoms with Gasteiger partial charge in [0.05, 0.1) is 0 Å². The van der Waals surface area contributed by atoms with Gasteiger partial charge < -0.3 is 10.1 Å². The number of hydrogen-bond donors (Lipinski definition) is 1. The fourth-order valence-electron chi connectivity index (χ4n) is 0.437. The van der Waals surface area contributed by atoms with E-state index in [0.29, 0.717) is 6.47 Å². The van der Waals surface area contributed by atoms with E-state index in [1.807, 2.05) is 0 Å². The van der Waals surface area contributed by atoms with Crippen molar-refractivity contribution in [2.75, 3.05) is 13.1 Å². The van der Waals surface area contributed by atoms with Crippen molar-refractivity contribution >= 4 is 18.9 Å². The Morgan fingerprint density at radius 3 is 2.38 bits per heavy atom. The van der Waals surface area contributed by atoms with Crippen LogP contribution in [-0.2, 0) is 9.53 Å². The van der Waals surface area contributed by atoms with Crippen LogP contribution < -0.4 is 5.32 Å². The van der Waals surface area contributed by atoms with E-state index < -0.39 is 0 Å². The molecule has 0 spiro atoms. The van der Waals surface area contributed by atoms with Gasteiger partial charge in [0.2, 0.25) is 0 Å². The number of carbonyl (C=O) groups excluding carboxylic acids is 1. The molecule has 0 unspecified atom stereocenters. The van der Waals surface area contributed by atoms with Crippen molar-refractivity contribution in [1.82, 2.24) is 5.32 Å².